The van der Waals surface area contributed by atoms with Crippen molar-refractivity contribution in [2.75, 3.05) is 40.9 Å². The van der Waals surface area contributed by atoms with Gasteiger partial charge in [-0.3, -0.25) is 9.36 Å². The Morgan fingerprint density at radius 1 is 0.586 bits per heavy atom. The number of amides is 1. The van der Waals surface area contributed by atoms with Crippen LogP contribution in [0.1, 0.15) is 245 Å². The van der Waals surface area contributed by atoms with Crippen LogP contribution >= 0.6 is 7.82 Å². The number of phosphoric ester groups is 1. The molecule has 0 fully saturated rings. The van der Waals surface area contributed by atoms with E-state index in [0.717, 1.165) is 38.5 Å². The minimum absolute atomic E-state index is 0.0137. The summed E-state index contributed by atoms with van der Waals surface area (Å²) in [6.45, 7) is 4.73. The summed E-state index contributed by atoms with van der Waals surface area (Å²) in [6, 6.07) is -0.797. The lowest BCUT2D eigenvalue weighted by Gasteiger charge is -2.30. The summed E-state index contributed by atoms with van der Waals surface area (Å²) in [7, 11) is 1.31. The number of quaternary nitrogens is 1. The number of hydrogen-bond donors (Lipinski definition) is 2. The van der Waals surface area contributed by atoms with Crippen LogP contribution in [0.15, 0.2) is 12.2 Å². The molecule has 0 aliphatic rings. The largest absolute Gasteiger partial charge is 0.756 e. The highest BCUT2D eigenvalue weighted by molar-refractivity contribution is 7.45. The average molecular weight is 843 g/mol. The van der Waals surface area contributed by atoms with E-state index in [1.165, 1.54) is 180 Å². The molecule has 0 rings (SSSR count). The number of nitrogens with one attached hydrogen (secondary N) is 1. The molecule has 0 bridgehead atoms. The van der Waals surface area contributed by atoms with Gasteiger partial charge in [-0.2, -0.15) is 0 Å². The lowest BCUT2D eigenvalue weighted by Crippen LogP contribution is -2.46. The topological polar surface area (TPSA) is 108 Å². The van der Waals surface area contributed by atoms with Crippen LogP contribution < -0.4 is 10.2 Å². The van der Waals surface area contributed by atoms with Crippen LogP contribution in [0.2, 0.25) is 0 Å². The van der Waals surface area contributed by atoms with Crippen LogP contribution in [-0.2, 0) is 18.4 Å². The van der Waals surface area contributed by atoms with Crippen molar-refractivity contribution in [3.63, 3.8) is 0 Å². The smallest absolute Gasteiger partial charge is 0.268 e. The van der Waals surface area contributed by atoms with Gasteiger partial charge in [0.05, 0.1) is 39.9 Å². The molecule has 0 heterocycles. The first kappa shape index (κ1) is 57.2. The van der Waals surface area contributed by atoms with Crippen molar-refractivity contribution < 1.29 is 32.9 Å². The Bertz CT molecular complexity index is 958. The molecule has 0 radical (unpaired) electrons. The van der Waals surface area contributed by atoms with Crippen molar-refractivity contribution >= 4 is 13.7 Å². The number of aliphatic hydroxyl groups is 1. The molecular formula is C49H99N2O6P. The number of hydrogen-bond acceptors (Lipinski definition) is 6. The molecule has 0 aromatic carbocycles. The second-order valence-corrected chi connectivity index (χ2v) is 19.9. The van der Waals surface area contributed by atoms with E-state index in [4.69, 9.17) is 9.05 Å². The maximum Gasteiger partial charge on any atom is 0.268 e. The van der Waals surface area contributed by atoms with Gasteiger partial charge in [-0.15, -0.1) is 0 Å². The average Bonchev–Trinajstić information content (AvgIpc) is 3.17. The molecule has 0 aliphatic heterocycles. The van der Waals surface area contributed by atoms with Gasteiger partial charge in [0.1, 0.15) is 13.2 Å². The summed E-state index contributed by atoms with van der Waals surface area (Å²) in [5.41, 5.74) is 0. The third kappa shape index (κ3) is 43.3. The Balaban J connectivity index is 4.12. The van der Waals surface area contributed by atoms with Crippen molar-refractivity contribution in [3.05, 3.63) is 12.2 Å². The maximum absolute atomic E-state index is 12.9. The monoisotopic (exact) mass is 843 g/mol. The van der Waals surface area contributed by atoms with Crippen molar-refractivity contribution in [1.29, 1.82) is 0 Å². The van der Waals surface area contributed by atoms with Crippen LogP contribution in [0, 0.1) is 0 Å². The number of allylic oxidation sites excluding steroid dienone is 2. The van der Waals surface area contributed by atoms with Crippen LogP contribution in [0.4, 0.5) is 0 Å². The van der Waals surface area contributed by atoms with Crippen molar-refractivity contribution in [3.8, 4) is 0 Å². The standard InChI is InChI=1S/C49H99N2O6P/c1-6-8-10-12-14-16-18-19-20-21-22-23-24-25-26-27-28-29-30-31-33-35-37-39-41-43-49(53)50-47(46-57-58(54,55)56-45-44-51(3,4)5)48(52)42-40-38-36-34-32-17-15-13-11-9-7-2/h25-26,47-48,52H,6-24,27-46H2,1-5H3,(H-,50,53,54,55)/b26-25-. The highest BCUT2D eigenvalue weighted by Crippen LogP contribution is 2.38. The molecule has 0 aromatic heterocycles. The predicted octanol–water partition coefficient (Wildman–Crippen LogP) is 13.7. The summed E-state index contributed by atoms with van der Waals surface area (Å²) < 4.78 is 23.3. The van der Waals surface area contributed by atoms with Crippen molar-refractivity contribution in [2.45, 2.75) is 257 Å². The van der Waals surface area contributed by atoms with E-state index in [-0.39, 0.29) is 19.1 Å². The van der Waals surface area contributed by atoms with Gasteiger partial charge in [0.2, 0.25) is 5.91 Å². The summed E-state index contributed by atoms with van der Waals surface area (Å²) in [5.74, 6) is -0.165. The number of aliphatic hydroxyl groups excluding tert-OH is 1. The minimum Gasteiger partial charge on any atom is -0.756 e. The first-order chi connectivity index (χ1) is 28.0. The second-order valence-electron chi connectivity index (χ2n) is 18.5. The fourth-order valence-electron chi connectivity index (χ4n) is 7.51. The highest BCUT2D eigenvalue weighted by atomic mass is 31.2. The fraction of sp³-hybridized carbons (Fsp3) is 0.939. The molecule has 0 spiro atoms. The van der Waals surface area contributed by atoms with E-state index in [1.807, 2.05) is 21.1 Å². The number of likely N-dealkylation sites (N-methyl/N-ethyl adjacent to an activating group) is 1. The minimum atomic E-state index is -4.56. The Hall–Kier alpha value is -0.760. The molecular weight excluding hydrogens is 744 g/mol. The molecule has 9 heteroatoms. The molecule has 3 unspecified atom stereocenters. The van der Waals surface area contributed by atoms with Gasteiger partial charge < -0.3 is 28.8 Å². The lowest BCUT2D eigenvalue weighted by molar-refractivity contribution is -0.870. The lowest BCUT2D eigenvalue weighted by atomic mass is 10.0. The van der Waals surface area contributed by atoms with E-state index in [9.17, 15) is 19.4 Å². The number of carbonyl (C=O) groups excluding carboxylic acids is 1. The first-order valence-corrected chi connectivity index (χ1v) is 26.5. The van der Waals surface area contributed by atoms with Gasteiger partial charge in [-0.1, -0.05) is 212 Å². The molecule has 8 nitrogen and oxygen atoms in total. The van der Waals surface area contributed by atoms with Gasteiger partial charge in [0.25, 0.3) is 7.82 Å². The van der Waals surface area contributed by atoms with E-state index in [0.29, 0.717) is 23.9 Å². The molecule has 0 aromatic rings. The predicted molar refractivity (Wildman–Crippen MR) is 247 cm³/mol. The third-order valence-corrected chi connectivity index (χ3v) is 12.5. The maximum atomic E-state index is 12.9. The Labute approximate surface area is 361 Å². The zero-order valence-corrected chi connectivity index (χ0v) is 40.2. The fourth-order valence-corrected chi connectivity index (χ4v) is 8.23. The van der Waals surface area contributed by atoms with E-state index < -0.39 is 20.0 Å². The normalized spacial score (nSPS) is 14.3. The molecule has 0 saturated carbocycles. The summed E-state index contributed by atoms with van der Waals surface area (Å²) in [5, 5.41) is 13.9. The molecule has 346 valence electrons. The van der Waals surface area contributed by atoms with E-state index in [1.54, 1.807) is 0 Å². The number of phosphoric acid groups is 1. The third-order valence-electron chi connectivity index (χ3n) is 11.5. The van der Waals surface area contributed by atoms with Gasteiger partial charge in [-0.05, 0) is 38.5 Å². The van der Waals surface area contributed by atoms with Gasteiger partial charge in [-0.25, -0.2) is 0 Å². The number of unbranched alkanes of at least 4 members (excludes halogenated alkanes) is 31. The molecule has 2 N–H and O–H groups in total. The zero-order chi connectivity index (χ0) is 42.8. The van der Waals surface area contributed by atoms with Crippen molar-refractivity contribution in [1.82, 2.24) is 5.32 Å². The Morgan fingerprint density at radius 3 is 1.34 bits per heavy atom. The van der Waals surface area contributed by atoms with Gasteiger partial charge in [0, 0.05) is 6.42 Å². The van der Waals surface area contributed by atoms with Crippen LogP contribution in [-0.4, -0.2) is 68.5 Å². The van der Waals surface area contributed by atoms with Crippen molar-refractivity contribution in [2.24, 2.45) is 0 Å². The van der Waals surface area contributed by atoms with E-state index in [2.05, 4.69) is 31.3 Å². The number of carbonyl (C=O) groups is 1. The molecule has 58 heavy (non-hydrogen) atoms. The Kier molecular flexibility index (Phi) is 41.0. The summed E-state index contributed by atoms with van der Waals surface area (Å²) in [6.07, 6.45) is 48.0. The summed E-state index contributed by atoms with van der Waals surface area (Å²) in [4.78, 5) is 25.4. The van der Waals surface area contributed by atoms with E-state index >= 15 is 0 Å². The molecule has 3 atom stereocenters. The first-order valence-electron chi connectivity index (χ1n) is 25.0. The van der Waals surface area contributed by atoms with Crippen LogP contribution in [0.3, 0.4) is 0 Å². The summed E-state index contributed by atoms with van der Waals surface area (Å²) >= 11 is 0. The second kappa shape index (κ2) is 41.6. The highest BCUT2D eigenvalue weighted by Gasteiger charge is 2.24. The molecule has 0 aliphatic carbocycles. The molecule has 0 saturated heterocycles. The zero-order valence-electron chi connectivity index (χ0n) is 39.3. The SMILES string of the molecule is CCCCCCCCCCCCCC/C=C\CCCCCCCCCCCC(=O)NC(COP(=O)([O-])OCC[N+](C)(C)C)C(O)CCCCCCCCCCCCC. The Morgan fingerprint density at radius 2 is 0.948 bits per heavy atom. The number of rotatable bonds is 46. The van der Waals surface area contributed by atoms with Crippen LogP contribution in [0.5, 0.6) is 0 Å². The van der Waals surface area contributed by atoms with Gasteiger partial charge in [0.15, 0.2) is 0 Å². The van der Waals surface area contributed by atoms with Gasteiger partial charge >= 0.3 is 0 Å². The molecule has 1 amide bonds. The quantitative estimate of drug-likeness (QED) is 0.0273. The van der Waals surface area contributed by atoms with Crippen LogP contribution in [0.25, 0.3) is 0 Å². The number of nitrogens with zero attached hydrogens (tertiary/aromatic N) is 1.